The van der Waals surface area contributed by atoms with Crippen LogP contribution in [0.5, 0.6) is 5.75 Å². The topological polar surface area (TPSA) is 108 Å². The summed E-state index contributed by atoms with van der Waals surface area (Å²) in [5.74, 6) is 2.01. The normalized spacial score (nSPS) is 11.0. The van der Waals surface area contributed by atoms with Crippen LogP contribution in [0.3, 0.4) is 0 Å². The zero-order chi connectivity index (χ0) is 24.2. The molecule has 2 aromatic heterocycles. The monoisotopic (exact) mass is 478 g/mol. The summed E-state index contributed by atoms with van der Waals surface area (Å²) in [6, 6.07) is 11.5. The molecule has 0 aliphatic rings. The smallest absolute Gasteiger partial charge is 0.296 e. The van der Waals surface area contributed by atoms with Crippen LogP contribution in [0.2, 0.25) is 0 Å². The molecule has 0 aliphatic carbocycles. The molecule has 1 amide bonds. The fraction of sp³-hybridized carbons (Fsp3) is 0.292. The van der Waals surface area contributed by atoms with Gasteiger partial charge in [-0.2, -0.15) is 4.98 Å². The van der Waals surface area contributed by atoms with E-state index in [2.05, 4.69) is 37.8 Å². The molecule has 0 aliphatic heterocycles. The number of nitrogens with zero attached hydrogens (tertiary/aromatic N) is 5. The number of methoxy groups -OCH3 is 1. The first-order valence-corrected chi connectivity index (χ1v) is 11.8. The van der Waals surface area contributed by atoms with E-state index >= 15 is 0 Å². The number of rotatable bonds is 8. The number of amides is 1. The second-order valence-corrected chi connectivity index (χ2v) is 8.76. The van der Waals surface area contributed by atoms with Crippen molar-refractivity contribution in [3.8, 4) is 28.9 Å². The molecule has 4 aromatic rings. The second kappa shape index (κ2) is 10.1. The number of carbonyl (C=O) groups is 1. The number of aromatic nitrogens is 5. The number of benzene rings is 2. The maximum Gasteiger partial charge on any atom is 0.296 e. The van der Waals surface area contributed by atoms with Gasteiger partial charge in [-0.25, -0.2) is 0 Å². The third-order valence-electron chi connectivity index (χ3n) is 5.27. The summed E-state index contributed by atoms with van der Waals surface area (Å²) in [5.41, 5.74) is 4.90. The predicted octanol–water partition coefficient (Wildman–Crippen LogP) is 4.68. The van der Waals surface area contributed by atoms with Crippen molar-refractivity contribution in [3.05, 3.63) is 53.1 Å². The van der Waals surface area contributed by atoms with Crippen molar-refractivity contribution in [1.29, 1.82) is 0 Å². The molecule has 176 valence electrons. The number of anilines is 1. The summed E-state index contributed by atoms with van der Waals surface area (Å²) in [5, 5.41) is 16.2. The van der Waals surface area contributed by atoms with E-state index in [1.807, 2.05) is 56.5 Å². The molecule has 2 heterocycles. The van der Waals surface area contributed by atoms with Crippen molar-refractivity contribution < 1.29 is 14.1 Å². The Morgan fingerprint density at radius 1 is 1.12 bits per heavy atom. The van der Waals surface area contributed by atoms with Crippen molar-refractivity contribution in [2.45, 2.75) is 39.4 Å². The summed E-state index contributed by atoms with van der Waals surface area (Å²) in [4.78, 5) is 17.1. The lowest BCUT2D eigenvalue weighted by atomic mass is 10.1. The minimum absolute atomic E-state index is 0.105. The Morgan fingerprint density at radius 2 is 1.82 bits per heavy atom. The van der Waals surface area contributed by atoms with Crippen LogP contribution in [0.15, 0.2) is 46.1 Å². The molecular formula is C24H26N6O3S. The van der Waals surface area contributed by atoms with Gasteiger partial charge in [0.2, 0.25) is 17.6 Å². The zero-order valence-electron chi connectivity index (χ0n) is 19.7. The van der Waals surface area contributed by atoms with Crippen molar-refractivity contribution in [1.82, 2.24) is 24.9 Å². The lowest BCUT2D eigenvalue weighted by molar-refractivity contribution is -0.113. The second-order valence-electron chi connectivity index (χ2n) is 7.81. The Kier molecular flexibility index (Phi) is 6.97. The van der Waals surface area contributed by atoms with Gasteiger partial charge in [0.25, 0.3) is 5.89 Å². The van der Waals surface area contributed by atoms with Gasteiger partial charge in [-0.05, 0) is 63.1 Å². The standard InChI is InChI=1S/C24H26N6O3S/c1-6-30-22(23-26-21(29-33-23)17-7-9-18(32-5)10-8-17)27-28-24(30)34-13-19(31)25-20-15(3)11-14(2)12-16(20)4/h7-12H,6,13H2,1-5H3,(H,25,31). The molecule has 1 N–H and O–H groups in total. The third-order valence-corrected chi connectivity index (χ3v) is 6.24. The highest BCUT2D eigenvalue weighted by molar-refractivity contribution is 7.99. The van der Waals surface area contributed by atoms with Crippen LogP contribution >= 0.6 is 11.8 Å². The molecule has 0 atom stereocenters. The van der Waals surface area contributed by atoms with Gasteiger partial charge < -0.3 is 14.6 Å². The highest BCUT2D eigenvalue weighted by Gasteiger charge is 2.20. The molecule has 0 radical (unpaired) electrons. The van der Waals surface area contributed by atoms with Gasteiger partial charge in [0.05, 0.1) is 12.9 Å². The van der Waals surface area contributed by atoms with Crippen LogP contribution in [-0.4, -0.2) is 43.7 Å². The Hall–Kier alpha value is -3.66. The number of hydrogen-bond acceptors (Lipinski definition) is 8. The molecule has 0 saturated heterocycles. The predicted molar refractivity (Wildman–Crippen MR) is 131 cm³/mol. The molecule has 0 fully saturated rings. The van der Waals surface area contributed by atoms with Gasteiger partial charge in [0.15, 0.2) is 5.16 Å². The first kappa shape index (κ1) is 23.5. The molecule has 4 rings (SSSR count). The van der Waals surface area contributed by atoms with E-state index in [1.165, 1.54) is 17.3 Å². The molecular weight excluding hydrogens is 452 g/mol. The molecule has 0 bridgehead atoms. The average molecular weight is 479 g/mol. The Bertz CT molecular complexity index is 1290. The SMILES string of the molecule is CCn1c(SCC(=O)Nc2c(C)cc(C)cc2C)nnc1-c1nc(-c2ccc(OC)cc2)no1. The van der Waals surface area contributed by atoms with Crippen LogP contribution in [0.4, 0.5) is 5.69 Å². The number of hydrogen-bond donors (Lipinski definition) is 1. The maximum atomic E-state index is 12.6. The Morgan fingerprint density at radius 3 is 2.47 bits per heavy atom. The van der Waals surface area contributed by atoms with Crippen molar-refractivity contribution >= 4 is 23.4 Å². The zero-order valence-corrected chi connectivity index (χ0v) is 20.6. The van der Waals surface area contributed by atoms with Crippen LogP contribution in [0.1, 0.15) is 23.6 Å². The minimum atomic E-state index is -0.105. The van der Waals surface area contributed by atoms with Crippen LogP contribution in [0, 0.1) is 20.8 Å². The van der Waals surface area contributed by atoms with E-state index in [4.69, 9.17) is 9.26 Å². The van der Waals surface area contributed by atoms with E-state index in [0.29, 0.717) is 23.4 Å². The highest BCUT2D eigenvalue weighted by Crippen LogP contribution is 2.27. The molecule has 0 spiro atoms. The lowest BCUT2D eigenvalue weighted by Crippen LogP contribution is -2.16. The fourth-order valence-corrected chi connectivity index (χ4v) is 4.50. The average Bonchev–Trinajstić information content (AvgIpc) is 3.47. The van der Waals surface area contributed by atoms with E-state index in [1.54, 1.807) is 7.11 Å². The Labute approximate surface area is 201 Å². The first-order chi connectivity index (χ1) is 16.4. The summed E-state index contributed by atoms with van der Waals surface area (Å²) < 4.78 is 12.5. The number of aryl methyl sites for hydroxylation is 3. The van der Waals surface area contributed by atoms with Gasteiger partial charge in [-0.15, -0.1) is 10.2 Å². The van der Waals surface area contributed by atoms with Gasteiger partial charge >= 0.3 is 0 Å². The number of nitrogens with one attached hydrogen (secondary N) is 1. The molecule has 10 heteroatoms. The maximum absolute atomic E-state index is 12.6. The third kappa shape index (κ3) is 4.96. The molecule has 34 heavy (non-hydrogen) atoms. The highest BCUT2D eigenvalue weighted by atomic mass is 32.2. The molecule has 9 nitrogen and oxygen atoms in total. The summed E-state index contributed by atoms with van der Waals surface area (Å²) in [7, 11) is 1.61. The first-order valence-electron chi connectivity index (χ1n) is 10.8. The number of carbonyl (C=O) groups excluding carboxylic acids is 1. The molecule has 2 aromatic carbocycles. The quantitative estimate of drug-likeness (QED) is 0.364. The largest absolute Gasteiger partial charge is 0.497 e. The van der Waals surface area contributed by atoms with Crippen LogP contribution < -0.4 is 10.1 Å². The van der Waals surface area contributed by atoms with E-state index in [-0.39, 0.29) is 17.6 Å². The summed E-state index contributed by atoms with van der Waals surface area (Å²) in [6.45, 7) is 8.58. The van der Waals surface area contributed by atoms with Crippen molar-refractivity contribution in [2.75, 3.05) is 18.2 Å². The minimum Gasteiger partial charge on any atom is -0.497 e. The van der Waals surface area contributed by atoms with E-state index in [0.717, 1.165) is 28.1 Å². The van der Waals surface area contributed by atoms with Gasteiger partial charge in [0, 0.05) is 17.8 Å². The van der Waals surface area contributed by atoms with Gasteiger partial charge in [-0.3, -0.25) is 9.36 Å². The van der Waals surface area contributed by atoms with E-state index < -0.39 is 0 Å². The van der Waals surface area contributed by atoms with Gasteiger partial charge in [0.1, 0.15) is 5.75 Å². The molecule has 0 unspecified atom stereocenters. The van der Waals surface area contributed by atoms with Gasteiger partial charge in [-0.1, -0.05) is 34.6 Å². The summed E-state index contributed by atoms with van der Waals surface area (Å²) >= 11 is 1.31. The summed E-state index contributed by atoms with van der Waals surface area (Å²) in [6.07, 6.45) is 0. The van der Waals surface area contributed by atoms with Crippen LogP contribution in [-0.2, 0) is 11.3 Å². The van der Waals surface area contributed by atoms with E-state index in [9.17, 15) is 4.79 Å². The number of thioether (sulfide) groups is 1. The van der Waals surface area contributed by atoms with Crippen LogP contribution in [0.25, 0.3) is 23.1 Å². The lowest BCUT2D eigenvalue weighted by Gasteiger charge is -2.12. The molecule has 0 saturated carbocycles. The Balaban J connectivity index is 1.47. The van der Waals surface area contributed by atoms with Crippen molar-refractivity contribution in [2.24, 2.45) is 0 Å². The van der Waals surface area contributed by atoms with Crippen molar-refractivity contribution in [3.63, 3.8) is 0 Å². The number of ether oxygens (including phenoxy) is 1. The fourth-order valence-electron chi connectivity index (χ4n) is 3.69.